The normalized spacial score (nSPS) is 13.3. The van der Waals surface area contributed by atoms with Crippen LogP contribution in [-0.4, -0.2) is 0 Å². The molecule has 0 saturated carbocycles. The molecule has 1 aliphatic rings. The largest absolute Gasteiger partial charge is 0.0652 e. The van der Waals surface area contributed by atoms with Gasteiger partial charge in [-0.2, -0.15) is 0 Å². The van der Waals surface area contributed by atoms with E-state index in [0.29, 0.717) is 0 Å². The van der Waals surface area contributed by atoms with Gasteiger partial charge in [0.2, 0.25) is 0 Å². The first-order valence-electron chi connectivity index (χ1n) is 7.17. The highest BCUT2D eigenvalue weighted by Gasteiger charge is 2.17. The van der Waals surface area contributed by atoms with Crippen LogP contribution in [-0.2, 0) is 6.42 Å². The van der Waals surface area contributed by atoms with E-state index in [-0.39, 0.29) is 0 Å². The molecule has 2 aromatic carbocycles. The second-order valence-electron chi connectivity index (χ2n) is 5.43. The fraction of sp³-hybridized carbons (Fsp3) is 0.263. The zero-order valence-electron chi connectivity index (χ0n) is 11.7. The summed E-state index contributed by atoms with van der Waals surface area (Å²) >= 11 is 0. The minimum atomic E-state index is 1.14. The van der Waals surface area contributed by atoms with Crippen molar-refractivity contribution in [3.05, 3.63) is 64.7 Å². The van der Waals surface area contributed by atoms with Gasteiger partial charge in [-0.05, 0) is 47.6 Å². The van der Waals surface area contributed by atoms with Gasteiger partial charge in [-0.3, -0.25) is 0 Å². The zero-order valence-corrected chi connectivity index (χ0v) is 11.7. The molecule has 0 fully saturated rings. The van der Waals surface area contributed by atoms with Crippen LogP contribution in [0.4, 0.5) is 0 Å². The van der Waals surface area contributed by atoms with E-state index in [1.807, 2.05) is 0 Å². The van der Waals surface area contributed by atoms with Crippen molar-refractivity contribution in [2.24, 2.45) is 0 Å². The number of rotatable bonds is 3. The molecule has 0 aliphatic heterocycles. The summed E-state index contributed by atoms with van der Waals surface area (Å²) in [5, 5.41) is 0. The molecule has 96 valence electrons. The van der Waals surface area contributed by atoms with Crippen molar-refractivity contribution in [1.29, 1.82) is 0 Å². The highest BCUT2D eigenvalue weighted by Crippen LogP contribution is 2.37. The predicted molar refractivity (Wildman–Crippen MR) is 83.2 cm³/mol. The molecule has 0 amide bonds. The summed E-state index contributed by atoms with van der Waals surface area (Å²) < 4.78 is 0. The summed E-state index contributed by atoms with van der Waals surface area (Å²) in [6, 6.07) is 15.3. The number of fused-ring (bicyclic) bond motifs is 1. The van der Waals surface area contributed by atoms with Gasteiger partial charge in [0.05, 0.1) is 0 Å². The number of hydrogen-bond acceptors (Lipinski definition) is 0. The number of allylic oxidation sites excluding steroid dienone is 1. The van der Waals surface area contributed by atoms with Gasteiger partial charge in [0.1, 0.15) is 0 Å². The van der Waals surface area contributed by atoms with E-state index in [1.165, 1.54) is 40.7 Å². The average molecular weight is 248 g/mol. The van der Waals surface area contributed by atoms with Gasteiger partial charge in [-0.1, -0.05) is 67.5 Å². The van der Waals surface area contributed by atoms with Crippen molar-refractivity contribution in [3.8, 4) is 11.1 Å². The molecular weight excluding hydrogens is 228 g/mol. The Morgan fingerprint density at radius 2 is 1.79 bits per heavy atom. The Labute approximate surface area is 115 Å². The first-order chi connectivity index (χ1) is 9.29. The van der Waals surface area contributed by atoms with Gasteiger partial charge in [0.25, 0.3) is 0 Å². The van der Waals surface area contributed by atoms with Crippen LogP contribution in [0.15, 0.2) is 48.0 Å². The third-order valence-electron chi connectivity index (χ3n) is 3.94. The third-order valence-corrected chi connectivity index (χ3v) is 3.94. The minimum absolute atomic E-state index is 1.14. The lowest BCUT2D eigenvalue weighted by molar-refractivity contribution is 0.886. The van der Waals surface area contributed by atoms with Gasteiger partial charge in [-0.15, -0.1) is 0 Å². The second kappa shape index (κ2) is 5.05. The first-order valence-corrected chi connectivity index (χ1v) is 7.17. The quantitative estimate of drug-likeness (QED) is 0.682. The van der Waals surface area contributed by atoms with Gasteiger partial charge in [-0.25, -0.2) is 0 Å². The Balaban J connectivity index is 2.14. The first kappa shape index (κ1) is 12.2. The smallest absolute Gasteiger partial charge is 0.00576 e. The summed E-state index contributed by atoms with van der Waals surface area (Å²) in [6.07, 6.45) is 6.03. The molecule has 0 heteroatoms. The zero-order chi connectivity index (χ0) is 13.2. The number of benzene rings is 2. The molecule has 0 nitrogen and oxygen atoms in total. The van der Waals surface area contributed by atoms with E-state index in [9.17, 15) is 0 Å². The standard InChI is InChI=1S/C19H20/c1-3-7-15-12-17-11-10-14(2)19(18(17)13-15)16-8-5-4-6-9-16/h4-6,8-11,13H,3,7,12H2,1-2H3. The minimum Gasteiger partial charge on any atom is -0.0652 e. The highest BCUT2D eigenvalue weighted by atomic mass is 14.2. The van der Waals surface area contributed by atoms with E-state index in [0.717, 1.165) is 6.42 Å². The van der Waals surface area contributed by atoms with Crippen LogP contribution in [0.5, 0.6) is 0 Å². The van der Waals surface area contributed by atoms with E-state index in [4.69, 9.17) is 0 Å². The van der Waals surface area contributed by atoms with Crippen molar-refractivity contribution >= 4 is 6.08 Å². The molecule has 0 heterocycles. The van der Waals surface area contributed by atoms with Crippen LogP contribution >= 0.6 is 0 Å². The van der Waals surface area contributed by atoms with E-state index < -0.39 is 0 Å². The lowest BCUT2D eigenvalue weighted by Gasteiger charge is -2.11. The lowest BCUT2D eigenvalue weighted by atomic mass is 9.93. The molecule has 0 atom stereocenters. The maximum atomic E-state index is 2.42. The summed E-state index contributed by atoms with van der Waals surface area (Å²) in [5.41, 5.74) is 8.66. The van der Waals surface area contributed by atoms with Crippen LogP contribution in [0.25, 0.3) is 17.2 Å². The number of aryl methyl sites for hydroxylation is 1. The van der Waals surface area contributed by atoms with Gasteiger partial charge >= 0.3 is 0 Å². The fourth-order valence-electron chi connectivity index (χ4n) is 3.06. The van der Waals surface area contributed by atoms with Gasteiger partial charge in [0, 0.05) is 0 Å². The topological polar surface area (TPSA) is 0 Å². The molecule has 0 spiro atoms. The Bertz CT molecular complexity index is 618. The van der Waals surface area contributed by atoms with Crippen molar-refractivity contribution < 1.29 is 0 Å². The molecule has 0 bridgehead atoms. The Hall–Kier alpha value is -1.82. The molecule has 1 aliphatic carbocycles. The molecule has 0 unspecified atom stereocenters. The van der Waals surface area contributed by atoms with Crippen molar-refractivity contribution in [2.45, 2.75) is 33.1 Å². The van der Waals surface area contributed by atoms with E-state index in [1.54, 1.807) is 5.57 Å². The monoisotopic (exact) mass is 248 g/mol. The molecule has 0 aromatic heterocycles. The molecule has 3 rings (SSSR count). The van der Waals surface area contributed by atoms with Crippen molar-refractivity contribution in [3.63, 3.8) is 0 Å². The molecule has 2 aromatic rings. The van der Waals surface area contributed by atoms with Crippen LogP contribution in [0.1, 0.15) is 36.5 Å². The summed E-state index contributed by atoms with van der Waals surface area (Å²) in [5.74, 6) is 0. The summed E-state index contributed by atoms with van der Waals surface area (Å²) in [6.45, 7) is 4.47. The van der Waals surface area contributed by atoms with Gasteiger partial charge < -0.3 is 0 Å². The van der Waals surface area contributed by atoms with Crippen LogP contribution < -0.4 is 0 Å². The molecule has 0 N–H and O–H groups in total. The molecule has 0 radical (unpaired) electrons. The van der Waals surface area contributed by atoms with Crippen LogP contribution in [0.3, 0.4) is 0 Å². The van der Waals surface area contributed by atoms with E-state index >= 15 is 0 Å². The SMILES string of the molecule is CCCC1=Cc2c(ccc(C)c2-c2ccccc2)C1. The molecular formula is C19H20. The summed E-state index contributed by atoms with van der Waals surface area (Å²) in [7, 11) is 0. The highest BCUT2D eigenvalue weighted by molar-refractivity contribution is 5.82. The van der Waals surface area contributed by atoms with Crippen molar-refractivity contribution in [2.75, 3.05) is 0 Å². The van der Waals surface area contributed by atoms with Crippen molar-refractivity contribution in [1.82, 2.24) is 0 Å². The maximum absolute atomic E-state index is 2.42. The van der Waals surface area contributed by atoms with E-state index in [2.05, 4.69) is 62.4 Å². The van der Waals surface area contributed by atoms with Gasteiger partial charge in [0.15, 0.2) is 0 Å². The Morgan fingerprint density at radius 3 is 2.53 bits per heavy atom. The summed E-state index contributed by atoms with van der Waals surface area (Å²) in [4.78, 5) is 0. The maximum Gasteiger partial charge on any atom is -0.00576 e. The predicted octanol–water partition coefficient (Wildman–Crippen LogP) is 5.40. The Morgan fingerprint density at radius 1 is 1.00 bits per heavy atom. The molecule has 19 heavy (non-hydrogen) atoms. The average Bonchev–Trinajstić information content (AvgIpc) is 2.82. The third kappa shape index (κ3) is 2.23. The molecule has 0 saturated heterocycles. The number of hydrogen-bond donors (Lipinski definition) is 0. The lowest BCUT2D eigenvalue weighted by Crippen LogP contribution is -1.91. The fourth-order valence-corrected chi connectivity index (χ4v) is 3.06. The van der Waals surface area contributed by atoms with Crippen LogP contribution in [0, 0.1) is 6.92 Å². The Kier molecular flexibility index (Phi) is 3.25. The van der Waals surface area contributed by atoms with Crippen LogP contribution in [0.2, 0.25) is 0 Å². The second-order valence-corrected chi connectivity index (χ2v) is 5.43.